The number of nitrogens with zero attached hydrogens (tertiary/aromatic N) is 3. The molecule has 0 atom stereocenters. The standard InChI is InChI=1S/C13H8F2N4O4/c14-10-2-1-3-11(15)9(10)7-16-17-12-5-4-8(18(20)21)6-13(12)19(22)23/h1-7,17H. The molecular formula is C13H8F2N4O4. The van der Waals surface area contributed by atoms with E-state index in [1.54, 1.807) is 0 Å². The summed E-state index contributed by atoms with van der Waals surface area (Å²) in [7, 11) is 0. The van der Waals surface area contributed by atoms with Crippen molar-refractivity contribution in [2.45, 2.75) is 0 Å². The molecule has 10 heteroatoms. The van der Waals surface area contributed by atoms with E-state index >= 15 is 0 Å². The Labute approximate surface area is 127 Å². The molecule has 0 heterocycles. The number of benzene rings is 2. The van der Waals surface area contributed by atoms with Gasteiger partial charge in [0.2, 0.25) is 0 Å². The van der Waals surface area contributed by atoms with Gasteiger partial charge < -0.3 is 0 Å². The number of halogens is 2. The van der Waals surface area contributed by atoms with Gasteiger partial charge in [-0.05, 0) is 18.2 Å². The molecule has 0 fully saturated rings. The zero-order valence-electron chi connectivity index (χ0n) is 11.3. The van der Waals surface area contributed by atoms with Gasteiger partial charge in [0.25, 0.3) is 5.69 Å². The molecular weight excluding hydrogens is 314 g/mol. The summed E-state index contributed by atoms with van der Waals surface area (Å²) in [5.74, 6) is -1.71. The van der Waals surface area contributed by atoms with E-state index in [0.29, 0.717) is 0 Å². The summed E-state index contributed by atoms with van der Waals surface area (Å²) in [6.07, 6.45) is 0.815. The predicted molar refractivity (Wildman–Crippen MR) is 77.3 cm³/mol. The Kier molecular flexibility index (Phi) is 4.55. The van der Waals surface area contributed by atoms with Crippen LogP contribution in [0.1, 0.15) is 5.56 Å². The zero-order chi connectivity index (χ0) is 17.0. The Bertz CT molecular complexity index is 790. The van der Waals surface area contributed by atoms with E-state index < -0.39 is 38.4 Å². The van der Waals surface area contributed by atoms with Gasteiger partial charge in [-0.1, -0.05) is 6.07 Å². The van der Waals surface area contributed by atoms with Crippen molar-refractivity contribution in [3.63, 3.8) is 0 Å². The van der Waals surface area contributed by atoms with Crippen molar-refractivity contribution in [3.05, 3.63) is 73.8 Å². The van der Waals surface area contributed by atoms with Crippen LogP contribution < -0.4 is 5.43 Å². The maximum absolute atomic E-state index is 13.4. The minimum atomic E-state index is -0.853. The molecule has 1 N–H and O–H groups in total. The molecule has 0 aliphatic rings. The van der Waals surface area contributed by atoms with E-state index in [-0.39, 0.29) is 5.69 Å². The van der Waals surface area contributed by atoms with E-state index in [9.17, 15) is 29.0 Å². The number of rotatable bonds is 5. The molecule has 0 unspecified atom stereocenters. The third-order valence-corrected chi connectivity index (χ3v) is 2.77. The van der Waals surface area contributed by atoms with Gasteiger partial charge in [-0.3, -0.25) is 25.7 Å². The van der Waals surface area contributed by atoms with Crippen molar-refractivity contribution < 1.29 is 18.6 Å². The summed E-state index contributed by atoms with van der Waals surface area (Å²) in [4.78, 5) is 19.9. The summed E-state index contributed by atoms with van der Waals surface area (Å²) in [6, 6.07) is 6.09. The van der Waals surface area contributed by atoms with Gasteiger partial charge in [-0.25, -0.2) is 8.78 Å². The van der Waals surface area contributed by atoms with Crippen LogP contribution in [-0.4, -0.2) is 16.1 Å². The van der Waals surface area contributed by atoms with Gasteiger partial charge in [0.15, 0.2) is 0 Å². The smallest absolute Gasteiger partial charge is 0.272 e. The van der Waals surface area contributed by atoms with Crippen molar-refractivity contribution >= 4 is 23.3 Å². The lowest BCUT2D eigenvalue weighted by molar-refractivity contribution is -0.393. The van der Waals surface area contributed by atoms with Crippen molar-refractivity contribution in [1.82, 2.24) is 0 Å². The number of hydrogen-bond acceptors (Lipinski definition) is 6. The van der Waals surface area contributed by atoms with Gasteiger partial charge >= 0.3 is 5.69 Å². The van der Waals surface area contributed by atoms with Gasteiger partial charge in [0, 0.05) is 6.07 Å². The van der Waals surface area contributed by atoms with Crippen molar-refractivity contribution in [2.24, 2.45) is 5.10 Å². The van der Waals surface area contributed by atoms with Gasteiger partial charge in [-0.15, -0.1) is 0 Å². The number of nitrogens with one attached hydrogen (secondary N) is 1. The molecule has 0 amide bonds. The molecule has 0 bridgehead atoms. The van der Waals surface area contributed by atoms with Crippen LogP contribution in [0.4, 0.5) is 25.8 Å². The summed E-state index contributed by atoms with van der Waals surface area (Å²) in [5.41, 5.74) is 0.592. The SMILES string of the molecule is O=[N+]([O-])c1ccc(NN=Cc2c(F)cccc2F)c([N+](=O)[O-])c1. The lowest BCUT2D eigenvalue weighted by atomic mass is 10.2. The fourth-order valence-corrected chi connectivity index (χ4v) is 1.68. The maximum Gasteiger partial charge on any atom is 0.301 e. The van der Waals surface area contributed by atoms with E-state index in [1.807, 2.05) is 0 Å². The second kappa shape index (κ2) is 6.56. The first-order chi connectivity index (χ1) is 10.9. The Morgan fingerprint density at radius 2 is 1.70 bits per heavy atom. The highest BCUT2D eigenvalue weighted by molar-refractivity contribution is 5.81. The van der Waals surface area contributed by atoms with E-state index in [4.69, 9.17) is 0 Å². The minimum Gasteiger partial charge on any atom is -0.272 e. The maximum atomic E-state index is 13.4. The van der Waals surface area contributed by atoms with E-state index in [0.717, 1.165) is 36.5 Å². The highest BCUT2D eigenvalue weighted by Gasteiger charge is 2.19. The lowest BCUT2D eigenvalue weighted by Gasteiger charge is -2.02. The Balaban J connectivity index is 2.28. The minimum absolute atomic E-state index is 0.159. The fourth-order valence-electron chi connectivity index (χ4n) is 1.68. The second-order valence-corrected chi connectivity index (χ2v) is 4.22. The number of nitro groups is 2. The molecule has 0 spiro atoms. The van der Waals surface area contributed by atoms with Crippen LogP contribution in [0.15, 0.2) is 41.5 Å². The summed E-state index contributed by atoms with van der Waals surface area (Å²) in [5, 5.41) is 25.0. The molecule has 118 valence electrons. The Morgan fingerprint density at radius 3 is 2.26 bits per heavy atom. The van der Waals surface area contributed by atoms with Crippen LogP contribution in [0, 0.1) is 31.9 Å². The molecule has 23 heavy (non-hydrogen) atoms. The molecule has 0 radical (unpaired) electrons. The van der Waals surface area contributed by atoms with Crippen LogP contribution in [-0.2, 0) is 0 Å². The highest BCUT2D eigenvalue weighted by atomic mass is 19.1. The zero-order valence-corrected chi connectivity index (χ0v) is 11.3. The lowest BCUT2D eigenvalue weighted by Crippen LogP contribution is -2.00. The normalized spacial score (nSPS) is 10.7. The third-order valence-electron chi connectivity index (χ3n) is 2.77. The topological polar surface area (TPSA) is 111 Å². The number of anilines is 1. The monoisotopic (exact) mass is 322 g/mol. The predicted octanol–water partition coefficient (Wildman–Crippen LogP) is 3.23. The Hall–Kier alpha value is -3.43. The Morgan fingerprint density at radius 1 is 1.04 bits per heavy atom. The molecule has 0 saturated heterocycles. The van der Waals surface area contributed by atoms with Gasteiger partial charge in [0.1, 0.15) is 17.3 Å². The van der Waals surface area contributed by atoms with Crippen molar-refractivity contribution in [3.8, 4) is 0 Å². The average Bonchev–Trinajstić information content (AvgIpc) is 2.50. The quantitative estimate of drug-likeness (QED) is 0.516. The van der Waals surface area contributed by atoms with E-state index in [2.05, 4.69) is 10.5 Å². The molecule has 0 saturated carbocycles. The van der Waals surface area contributed by atoms with E-state index in [1.165, 1.54) is 6.07 Å². The van der Waals surface area contributed by atoms with Crippen LogP contribution >= 0.6 is 0 Å². The summed E-state index contributed by atoms with van der Waals surface area (Å²) in [6.45, 7) is 0. The first-order valence-corrected chi connectivity index (χ1v) is 6.06. The van der Waals surface area contributed by atoms with Crippen LogP contribution in [0.25, 0.3) is 0 Å². The fraction of sp³-hybridized carbons (Fsp3) is 0. The number of nitro benzene ring substituents is 2. The van der Waals surface area contributed by atoms with Crippen molar-refractivity contribution in [1.29, 1.82) is 0 Å². The molecule has 0 aromatic heterocycles. The number of non-ortho nitro benzene ring substituents is 1. The van der Waals surface area contributed by atoms with Crippen LogP contribution in [0.5, 0.6) is 0 Å². The molecule has 8 nitrogen and oxygen atoms in total. The summed E-state index contributed by atoms with van der Waals surface area (Å²) < 4.78 is 26.8. The van der Waals surface area contributed by atoms with Gasteiger partial charge in [-0.2, -0.15) is 5.10 Å². The molecule has 2 aromatic carbocycles. The first-order valence-electron chi connectivity index (χ1n) is 6.06. The third kappa shape index (κ3) is 3.61. The van der Waals surface area contributed by atoms with Crippen molar-refractivity contribution in [2.75, 3.05) is 5.43 Å². The van der Waals surface area contributed by atoms with Crippen LogP contribution in [0.3, 0.4) is 0 Å². The molecule has 0 aliphatic heterocycles. The number of hydrogen-bond donors (Lipinski definition) is 1. The number of hydrazone groups is 1. The molecule has 0 aliphatic carbocycles. The first kappa shape index (κ1) is 15.9. The van der Waals surface area contributed by atoms with Gasteiger partial charge in [0.05, 0.1) is 27.7 Å². The summed E-state index contributed by atoms with van der Waals surface area (Å²) >= 11 is 0. The molecule has 2 rings (SSSR count). The van der Waals surface area contributed by atoms with Crippen LogP contribution in [0.2, 0.25) is 0 Å². The highest BCUT2D eigenvalue weighted by Crippen LogP contribution is 2.28. The average molecular weight is 322 g/mol. The molecule has 2 aromatic rings. The largest absolute Gasteiger partial charge is 0.301 e. The second-order valence-electron chi connectivity index (χ2n) is 4.22.